The van der Waals surface area contributed by atoms with Crippen LogP contribution in [0.5, 0.6) is 5.75 Å². The lowest BCUT2D eigenvalue weighted by Crippen LogP contribution is -2.14. The summed E-state index contributed by atoms with van der Waals surface area (Å²) in [5.74, 6) is 0.415. The summed E-state index contributed by atoms with van der Waals surface area (Å²) in [4.78, 5) is 16.7. The Hall–Kier alpha value is -3.34. The van der Waals surface area contributed by atoms with E-state index in [1.54, 1.807) is 31.5 Å². The molecule has 0 unspecified atom stereocenters. The SMILES string of the molecule is COc1cccc(NC(=O)c2ccc(Nc3ccccc3C(C)(C)C)cn2)c1. The van der Waals surface area contributed by atoms with Crippen molar-refractivity contribution in [3.63, 3.8) is 0 Å². The quantitative estimate of drug-likeness (QED) is 0.628. The molecule has 5 nitrogen and oxygen atoms in total. The topological polar surface area (TPSA) is 63.2 Å². The fourth-order valence-electron chi connectivity index (χ4n) is 2.90. The summed E-state index contributed by atoms with van der Waals surface area (Å²) < 4.78 is 5.17. The minimum Gasteiger partial charge on any atom is -0.497 e. The summed E-state index contributed by atoms with van der Waals surface area (Å²) in [7, 11) is 1.59. The monoisotopic (exact) mass is 375 g/mol. The number of aromatic nitrogens is 1. The average Bonchev–Trinajstić information content (AvgIpc) is 2.68. The van der Waals surface area contributed by atoms with Crippen LogP contribution >= 0.6 is 0 Å². The number of carbonyl (C=O) groups excluding carboxylic acids is 1. The summed E-state index contributed by atoms with van der Waals surface area (Å²) in [5, 5.41) is 6.23. The molecule has 0 aliphatic rings. The van der Waals surface area contributed by atoms with E-state index in [4.69, 9.17) is 4.74 Å². The molecular formula is C23H25N3O2. The number of para-hydroxylation sites is 1. The van der Waals surface area contributed by atoms with Crippen molar-refractivity contribution in [3.8, 4) is 5.75 Å². The number of pyridine rings is 1. The molecule has 0 atom stereocenters. The molecule has 0 bridgehead atoms. The van der Waals surface area contributed by atoms with Gasteiger partial charge in [0.2, 0.25) is 0 Å². The second-order valence-electron chi connectivity index (χ2n) is 7.54. The summed E-state index contributed by atoms with van der Waals surface area (Å²) in [5.41, 5.74) is 4.10. The molecule has 0 saturated carbocycles. The van der Waals surface area contributed by atoms with Crippen LogP contribution in [0.25, 0.3) is 0 Å². The van der Waals surface area contributed by atoms with E-state index >= 15 is 0 Å². The highest BCUT2D eigenvalue weighted by atomic mass is 16.5. The first kappa shape index (κ1) is 19.4. The van der Waals surface area contributed by atoms with Gasteiger partial charge in [0.25, 0.3) is 5.91 Å². The number of ether oxygens (including phenoxy) is 1. The minimum absolute atomic E-state index is 0.0214. The van der Waals surface area contributed by atoms with Crippen LogP contribution in [0.15, 0.2) is 66.9 Å². The van der Waals surface area contributed by atoms with Crippen molar-refractivity contribution in [1.29, 1.82) is 0 Å². The number of amides is 1. The number of nitrogens with one attached hydrogen (secondary N) is 2. The molecule has 0 radical (unpaired) electrons. The van der Waals surface area contributed by atoms with E-state index in [-0.39, 0.29) is 11.3 Å². The lowest BCUT2D eigenvalue weighted by molar-refractivity contribution is 0.102. The first-order chi connectivity index (χ1) is 13.4. The molecule has 0 saturated heterocycles. The Kier molecular flexibility index (Phi) is 5.64. The van der Waals surface area contributed by atoms with Gasteiger partial charge in [-0.15, -0.1) is 0 Å². The first-order valence-corrected chi connectivity index (χ1v) is 9.15. The Morgan fingerprint density at radius 2 is 1.75 bits per heavy atom. The fourth-order valence-corrected chi connectivity index (χ4v) is 2.90. The number of methoxy groups -OCH3 is 1. The average molecular weight is 375 g/mol. The van der Waals surface area contributed by atoms with Crippen LogP contribution in [-0.2, 0) is 5.41 Å². The van der Waals surface area contributed by atoms with E-state index in [1.165, 1.54) is 5.56 Å². The van der Waals surface area contributed by atoms with Gasteiger partial charge in [0.05, 0.1) is 19.0 Å². The number of anilines is 3. The van der Waals surface area contributed by atoms with Crippen LogP contribution in [0, 0.1) is 0 Å². The van der Waals surface area contributed by atoms with Gasteiger partial charge in [-0.05, 0) is 41.3 Å². The largest absolute Gasteiger partial charge is 0.497 e. The molecule has 1 aromatic heterocycles. The highest BCUT2D eigenvalue weighted by Crippen LogP contribution is 2.31. The standard InChI is InChI=1S/C23H25N3O2/c1-23(2,3)19-10-5-6-11-20(19)25-17-12-13-21(24-15-17)22(27)26-16-8-7-9-18(14-16)28-4/h5-15,25H,1-4H3,(H,26,27). The highest BCUT2D eigenvalue weighted by Gasteiger charge is 2.17. The van der Waals surface area contributed by atoms with Gasteiger partial charge in [-0.3, -0.25) is 4.79 Å². The van der Waals surface area contributed by atoms with Gasteiger partial charge in [0.15, 0.2) is 0 Å². The number of hydrogen-bond acceptors (Lipinski definition) is 4. The van der Waals surface area contributed by atoms with Gasteiger partial charge < -0.3 is 15.4 Å². The van der Waals surface area contributed by atoms with Crippen molar-refractivity contribution in [2.75, 3.05) is 17.7 Å². The molecule has 0 fully saturated rings. The predicted octanol–water partition coefficient (Wildman–Crippen LogP) is 5.38. The van der Waals surface area contributed by atoms with E-state index in [2.05, 4.69) is 42.5 Å². The Morgan fingerprint density at radius 3 is 2.43 bits per heavy atom. The minimum atomic E-state index is -0.269. The summed E-state index contributed by atoms with van der Waals surface area (Å²) in [6.07, 6.45) is 1.67. The smallest absolute Gasteiger partial charge is 0.274 e. The lowest BCUT2D eigenvalue weighted by atomic mass is 9.86. The Bertz CT molecular complexity index is 960. The third-order valence-corrected chi connectivity index (χ3v) is 4.34. The Labute approximate surface area is 165 Å². The Balaban J connectivity index is 1.73. The lowest BCUT2D eigenvalue weighted by Gasteiger charge is -2.23. The van der Waals surface area contributed by atoms with Crippen molar-refractivity contribution in [2.45, 2.75) is 26.2 Å². The molecule has 1 heterocycles. The maximum atomic E-state index is 12.4. The molecule has 0 spiro atoms. The van der Waals surface area contributed by atoms with Crippen molar-refractivity contribution in [2.24, 2.45) is 0 Å². The summed E-state index contributed by atoms with van der Waals surface area (Å²) in [6.45, 7) is 6.54. The van der Waals surface area contributed by atoms with Crippen molar-refractivity contribution < 1.29 is 9.53 Å². The number of benzene rings is 2. The zero-order chi connectivity index (χ0) is 20.1. The number of rotatable bonds is 5. The number of carbonyl (C=O) groups is 1. The van der Waals surface area contributed by atoms with Crippen molar-refractivity contribution >= 4 is 23.0 Å². The third-order valence-electron chi connectivity index (χ3n) is 4.34. The molecule has 3 rings (SSSR count). The molecule has 1 amide bonds. The van der Waals surface area contributed by atoms with Crippen molar-refractivity contribution in [1.82, 2.24) is 4.98 Å². The molecule has 5 heteroatoms. The number of hydrogen-bond donors (Lipinski definition) is 2. The van der Waals surface area contributed by atoms with Crippen molar-refractivity contribution in [3.05, 3.63) is 78.1 Å². The zero-order valence-electron chi connectivity index (χ0n) is 16.6. The van der Waals surface area contributed by atoms with E-state index in [0.29, 0.717) is 17.1 Å². The Morgan fingerprint density at radius 1 is 0.964 bits per heavy atom. The molecule has 3 aromatic rings. The van der Waals surface area contributed by atoms with Gasteiger partial charge >= 0.3 is 0 Å². The predicted molar refractivity (Wildman–Crippen MR) is 114 cm³/mol. The van der Waals surface area contributed by atoms with Gasteiger partial charge in [-0.1, -0.05) is 45.0 Å². The van der Waals surface area contributed by atoms with Gasteiger partial charge in [0, 0.05) is 17.4 Å². The summed E-state index contributed by atoms with van der Waals surface area (Å²) >= 11 is 0. The van der Waals surface area contributed by atoms with E-state index in [9.17, 15) is 4.79 Å². The zero-order valence-corrected chi connectivity index (χ0v) is 16.6. The highest BCUT2D eigenvalue weighted by molar-refractivity contribution is 6.03. The van der Waals surface area contributed by atoms with Crippen LogP contribution in [0.1, 0.15) is 36.8 Å². The maximum absolute atomic E-state index is 12.4. The molecule has 0 aliphatic carbocycles. The fraction of sp³-hybridized carbons (Fsp3) is 0.217. The van der Waals surface area contributed by atoms with E-state index in [0.717, 1.165) is 11.4 Å². The first-order valence-electron chi connectivity index (χ1n) is 9.15. The molecule has 2 N–H and O–H groups in total. The number of nitrogens with zero attached hydrogens (tertiary/aromatic N) is 1. The second kappa shape index (κ2) is 8.13. The van der Waals surface area contributed by atoms with E-state index in [1.807, 2.05) is 36.4 Å². The van der Waals surface area contributed by atoms with Crippen LogP contribution in [0.2, 0.25) is 0 Å². The van der Waals surface area contributed by atoms with Gasteiger partial charge in [-0.2, -0.15) is 0 Å². The van der Waals surface area contributed by atoms with Gasteiger partial charge in [0.1, 0.15) is 11.4 Å². The normalized spacial score (nSPS) is 11.0. The van der Waals surface area contributed by atoms with Gasteiger partial charge in [-0.25, -0.2) is 4.98 Å². The summed E-state index contributed by atoms with van der Waals surface area (Å²) in [6, 6.07) is 19.0. The van der Waals surface area contributed by atoms with Crippen LogP contribution in [-0.4, -0.2) is 18.0 Å². The third kappa shape index (κ3) is 4.68. The second-order valence-corrected chi connectivity index (χ2v) is 7.54. The van der Waals surface area contributed by atoms with Crippen LogP contribution < -0.4 is 15.4 Å². The molecule has 0 aliphatic heterocycles. The van der Waals surface area contributed by atoms with Crippen LogP contribution in [0.3, 0.4) is 0 Å². The maximum Gasteiger partial charge on any atom is 0.274 e. The van der Waals surface area contributed by atoms with E-state index < -0.39 is 0 Å². The molecule has 2 aromatic carbocycles. The molecule has 144 valence electrons. The molecule has 28 heavy (non-hydrogen) atoms. The van der Waals surface area contributed by atoms with Crippen LogP contribution in [0.4, 0.5) is 17.1 Å². The molecular weight excluding hydrogens is 350 g/mol.